The molecule has 0 spiro atoms. The summed E-state index contributed by atoms with van der Waals surface area (Å²) in [7, 11) is 0. The molecule has 12 heteroatoms. The largest absolute Gasteiger partial charge is 0.573 e. The highest BCUT2D eigenvalue weighted by atomic mass is 35.5. The number of carbonyl (C=O) groups excluding carboxylic acids is 3. The Kier molecular flexibility index (Phi) is 7.22. The second kappa shape index (κ2) is 9.90. The third-order valence-corrected chi connectivity index (χ3v) is 4.63. The lowest BCUT2D eigenvalue weighted by Crippen LogP contribution is -2.42. The molecule has 2 heterocycles. The third kappa shape index (κ3) is 6.69. The van der Waals surface area contributed by atoms with Crippen LogP contribution in [0, 0.1) is 0 Å². The summed E-state index contributed by atoms with van der Waals surface area (Å²) in [5.74, 6) is -1.76. The van der Waals surface area contributed by atoms with Crippen molar-refractivity contribution in [3.8, 4) is 11.5 Å². The highest BCUT2D eigenvalue weighted by Gasteiger charge is 2.32. The first-order valence-corrected chi connectivity index (χ1v) is 9.87. The number of hydrogen-bond donors (Lipinski definition) is 2. The molecule has 0 radical (unpaired) electrons. The van der Waals surface area contributed by atoms with Crippen molar-refractivity contribution in [3.63, 3.8) is 0 Å². The molecule has 33 heavy (non-hydrogen) atoms. The molecule has 1 atom stereocenters. The number of carbonyl (C=O) groups is 3. The number of alkyl halides is 3. The van der Waals surface area contributed by atoms with Crippen LogP contribution in [0.3, 0.4) is 0 Å². The summed E-state index contributed by atoms with van der Waals surface area (Å²) in [5, 5.41) is 5.41. The average Bonchev–Trinajstić information content (AvgIpc) is 2.73. The van der Waals surface area contributed by atoms with Gasteiger partial charge >= 0.3 is 6.36 Å². The minimum Gasteiger partial charge on any atom is -0.479 e. The summed E-state index contributed by atoms with van der Waals surface area (Å²) < 4.78 is 45.7. The molecule has 0 saturated heterocycles. The number of amides is 2. The number of Topliss-reactive ketones (excluding diaryl/α,β-unsaturated/α-hetero) is 1. The minimum atomic E-state index is -4.86. The quantitative estimate of drug-likeness (QED) is 0.625. The first-order chi connectivity index (χ1) is 15.5. The van der Waals surface area contributed by atoms with Gasteiger partial charge in [0.05, 0.1) is 18.2 Å². The Morgan fingerprint density at radius 1 is 1.27 bits per heavy atom. The fraction of sp³-hybridized carbons (Fsp3) is 0.238. The molecule has 0 bridgehead atoms. The average molecular weight is 484 g/mol. The zero-order chi connectivity index (χ0) is 24.2. The lowest BCUT2D eigenvalue weighted by Gasteiger charge is -2.24. The van der Waals surface area contributed by atoms with Crippen LogP contribution >= 0.6 is 11.6 Å². The monoisotopic (exact) mass is 483 g/mol. The number of pyridine rings is 1. The van der Waals surface area contributed by atoms with E-state index in [1.54, 1.807) is 6.07 Å². The van der Waals surface area contributed by atoms with Crippen LogP contribution in [0.4, 0.5) is 13.2 Å². The van der Waals surface area contributed by atoms with Crippen molar-refractivity contribution in [2.24, 2.45) is 0 Å². The lowest BCUT2D eigenvalue weighted by molar-refractivity contribution is -0.274. The van der Waals surface area contributed by atoms with Crippen LogP contribution in [0.15, 0.2) is 48.8 Å². The van der Waals surface area contributed by atoms with Gasteiger partial charge in [0.2, 0.25) is 0 Å². The molecular formula is C21H17ClF3N3O5. The van der Waals surface area contributed by atoms with Gasteiger partial charge < -0.3 is 20.1 Å². The van der Waals surface area contributed by atoms with Crippen LogP contribution in [-0.2, 0) is 4.79 Å². The lowest BCUT2D eigenvalue weighted by atomic mass is 10.0. The Balaban J connectivity index is 1.44. The first kappa shape index (κ1) is 24.1. The van der Waals surface area contributed by atoms with Gasteiger partial charge in [-0.1, -0.05) is 18.2 Å². The van der Waals surface area contributed by atoms with E-state index in [4.69, 9.17) is 16.3 Å². The van der Waals surface area contributed by atoms with E-state index in [2.05, 4.69) is 26.9 Å². The van der Waals surface area contributed by atoms with E-state index in [0.29, 0.717) is 10.6 Å². The van der Waals surface area contributed by atoms with Crippen LogP contribution < -0.4 is 20.1 Å². The van der Waals surface area contributed by atoms with Crippen LogP contribution in [0.25, 0.3) is 0 Å². The number of ketones is 1. The predicted molar refractivity (Wildman–Crippen MR) is 110 cm³/mol. The van der Waals surface area contributed by atoms with Crippen LogP contribution in [-0.4, -0.2) is 41.6 Å². The fourth-order valence-electron chi connectivity index (χ4n) is 2.89. The maximum atomic E-state index is 12.3. The Morgan fingerprint density at radius 2 is 2.03 bits per heavy atom. The Hall–Kier alpha value is -3.60. The van der Waals surface area contributed by atoms with Gasteiger partial charge in [-0.2, -0.15) is 0 Å². The number of ether oxygens (including phenoxy) is 2. The zero-order valence-electron chi connectivity index (χ0n) is 16.9. The van der Waals surface area contributed by atoms with Gasteiger partial charge in [-0.15, -0.1) is 13.2 Å². The molecule has 1 aliphatic rings. The number of rotatable bonds is 7. The number of nitrogens with one attached hydrogen (secondary N) is 2. The van der Waals surface area contributed by atoms with Crippen LogP contribution in [0.1, 0.15) is 33.7 Å². The standard InChI is InChI=1S/C21H17ClF3N3O5/c1-11(28-19(30)15-4-3-13(10-27-15)33-21(23,24)25)6-7-26-20(31)18-9-16(29)14-8-12(22)2-5-17(14)32-18/h2-5,8,10,18H,1,6-7,9H2,(H,26,31)(H,28,30)/t18-/m1/s1. The van der Waals surface area contributed by atoms with Crippen molar-refractivity contribution in [1.82, 2.24) is 15.6 Å². The Morgan fingerprint density at radius 3 is 2.70 bits per heavy atom. The molecule has 0 saturated carbocycles. The molecule has 8 nitrogen and oxygen atoms in total. The van der Waals surface area contributed by atoms with Gasteiger partial charge in [-0.25, -0.2) is 4.98 Å². The topological polar surface area (TPSA) is 107 Å². The van der Waals surface area contributed by atoms with Crippen molar-refractivity contribution in [2.75, 3.05) is 6.54 Å². The number of nitrogens with zero attached hydrogens (tertiary/aromatic N) is 1. The van der Waals surface area contributed by atoms with Gasteiger partial charge in [0.25, 0.3) is 11.8 Å². The molecular weight excluding hydrogens is 467 g/mol. The molecule has 2 amide bonds. The normalized spacial score (nSPS) is 15.2. The zero-order valence-corrected chi connectivity index (χ0v) is 17.6. The molecule has 1 aromatic heterocycles. The summed E-state index contributed by atoms with van der Waals surface area (Å²) in [4.78, 5) is 40.3. The molecule has 1 aliphatic heterocycles. The number of hydrogen-bond acceptors (Lipinski definition) is 6. The highest BCUT2D eigenvalue weighted by molar-refractivity contribution is 6.31. The van der Waals surface area contributed by atoms with E-state index in [0.717, 1.165) is 18.3 Å². The summed E-state index contributed by atoms with van der Waals surface area (Å²) in [5.41, 5.74) is 0.398. The van der Waals surface area contributed by atoms with Crippen molar-refractivity contribution < 1.29 is 37.0 Å². The van der Waals surface area contributed by atoms with Crippen LogP contribution in [0.2, 0.25) is 5.02 Å². The van der Waals surface area contributed by atoms with Gasteiger partial charge in [0, 0.05) is 23.7 Å². The summed E-state index contributed by atoms with van der Waals surface area (Å²) in [6, 6.07) is 6.56. The van der Waals surface area contributed by atoms with E-state index < -0.39 is 30.0 Å². The summed E-state index contributed by atoms with van der Waals surface area (Å²) in [6.07, 6.45) is -5.09. The van der Waals surface area contributed by atoms with Crippen LogP contribution in [0.5, 0.6) is 11.5 Å². The van der Waals surface area contributed by atoms with Gasteiger partial charge in [0.1, 0.15) is 17.2 Å². The minimum absolute atomic E-state index is 0.0886. The van der Waals surface area contributed by atoms with E-state index in [9.17, 15) is 27.6 Å². The fourth-order valence-corrected chi connectivity index (χ4v) is 3.06. The Labute approximate surface area is 190 Å². The first-order valence-electron chi connectivity index (χ1n) is 9.50. The number of halogens is 4. The van der Waals surface area contributed by atoms with Gasteiger partial charge in [-0.3, -0.25) is 14.4 Å². The number of aromatic nitrogens is 1. The van der Waals surface area contributed by atoms with Gasteiger partial charge in [-0.05, 0) is 30.3 Å². The predicted octanol–water partition coefficient (Wildman–Crippen LogP) is 3.42. The molecule has 2 N–H and O–H groups in total. The van der Waals surface area contributed by atoms with Crippen molar-refractivity contribution in [1.29, 1.82) is 0 Å². The van der Waals surface area contributed by atoms with E-state index in [-0.39, 0.29) is 42.3 Å². The highest BCUT2D eigenvalue weighted by Crippen LogP contribution is 2.30. The molecule has 0 unspecified atom stereocenters. The Bertz CT molecular complexity index is 1090. The smallest absolute Gasteiger partial charge is 0.479 e. The molecule has 1 aromatic carbocycles. The second-order valence-corrected chi connectivity index (χ2v) is 7.34. The maximum Gasteiger partial charge on any atom is 0.573 e. The summed E-state index contributed by atoms with van der Waals surface area (Å²) in [6.45, 7) is 3.75. The van der Waals surface area contributed by atoms with Crippen molar-refractivity contribution >= 4 is 29.2 Å². The molecule has 2 aromatic rings. The van der Waals surface area contributed by atoms with Crippen molar-refractivity contribution in [3.05, 3.63) is 65.1 Å². The number of fused-ring (bicyclic) bond motifs is 1. The van der Waals surface area contributed by atoms with E-state index >= 15 is 0 Å². The van der Waals surface area contributed by atoms with E-state index in [1.165, 1.54) is 12.1 Å². The van der Waals surface area contributed by atoms with Crippen molar-refractivity contribution in [2.45, 2.75) is 25.3 Å². The SMILES string of the molecule is C=C(CCNC(=O)[C@H]1CC(=O)c2cc(Cl)ccc2O1)NC(=O)c1ccc(OC(F)(F)F)cn1. The number of benzene rings is 1. The second-order valence-electron chi connectivity index (χ2n) is 6.90. The third-order valence-electron chi connectivity index (χ3n) is 4.39. The molecule has 0 fully saturated rings. The van der Waals surface area contributed by atoms with Gasteiger partial charge in [0.15, 0.2) is 11.9 Å². The molecule has 0 aliphatic carbocycles. The maximum absolute atomic E-state index is 12.3. The summed E-state index contributed by atoms with van der Waals surface area (Å²) >= 11 is 5.87. The molecule has 174 valence electrons. The molecule has 3 rings (SSSR count). The van der Waals surface area contributed by atoms with E-state index in [1.807, 2.05) is 0 Å².